The Morgan fingerprint density at radius 1 is 1.09 bits per heavy atom. The van der Waals surface area contributed by atoms with Gasteiger partial charge in [0.25, 0.3) is 0 Å². The molecule has 0 aliphatic rings. The van der Waals surface area contributed by atoms with Crippen LogP contribution in [0.15, 0.2) is 59.0 Å². The second-order valence-corrected chi connectivity index (χ2v) is 5.25. The van der Waals surface area contributed by atoms with Gasteiger partial charge in [-0.1, -0.05) is 35.9 Å². The van der Waals surface area contributed by atoms with Crippen molar-refractivity contribution in [3.05, 3.63) is 65.9 Å². The van der Waals surface area contributed by atoms with Crippen LogP contribution in [0.1, 0.15) is 11.3 Å². The van der Waals surface area contributed by atoms with E-state index in [-0.39, 0.29) is 6.03 Å². The van der Waals surface area contributed by atoms with Gasteiger partial charge in [-0.25, -0.2) is 4.79 Å². The normalized spacial score (nSPS) is 10.6. The average molecular weight is 294 g/mol. The van der Waals surface area contributed by atoms with Crippen LogP contribution in [0.5, 0.6) is 0 Å². The van der Waals surface area contributed by atoms with Crippen LogP contribution in [0.4, 0.5) is 10.5 Å². The molecule has 112 valence electrons. The van der Waals surface area contributed by atoms with E-state index in [9.17, 15) is 4.79 Å². The van der Waals surface area contributed by atoms with Gasteiger partial charge < -0.3 is 15.1 Å². The number of urea groups is 1. The SMILES string of the molecule is Cc1ccc(NC(=O)NCCc2cc3ccccc3o2)cc1. The topological polar surface area (TPSA) is 54.3 Å². The zero-order chi connectivity index (χ0) is 15.4. The van der Waals surface area contributed by atoms with Crippen LogP contribution in [0.3, 0.4) is 0 Å². The molecule has 22 heavy (non-hydrogen) atoms. The zero-order valence-corrected chi connectivity index (χ0v) is 12.4. The number of hydrogen-bond donors (Lipinski definition) is 2. The van der Waals surface area contributed by atoms with Gasteiger partial charge in [0.05, 0.1) is 0 Å². The summed E-state index contributed by atoms with van der Waals surface area (Å²) in [5.74, 6) is 0.872. The molecule has 3 rings (SSSR count). The highest BCUT2D eigenvalue weighted by atomic mass is 16.3. The number of furan rings is 1. The second-order valence-electron chi connectivity index (χ2n) is 5.25. The van der Waals surface area contributed by atoms with Crippen molar-refractivity contribution in [1.82, 2.24) is 5.32 Å². The van der Waals surface area contributed by atoms with Gasteiger partial charge in [0.1, 0.15) is 11.3 Å². The van der Waals surface area contributed by atoms with Crippen molar-refractivity contribution in [1.29, 1.82) is 0 Å². The fourth-order valence-corrected chi connectivity index (χ4v) is 2.27. The third kappa shape index (κ3) is 3.47. The van der Waals surface area contributed by atoms with Crippen molar-refractivity contribution >= 4 is 22.7 Å². The summed E-state index contributed by atoms with van der Waals surface area (Å²) in [7, 11) is 0. The van der Waals surface area contributed by atoms with E-state index in [1.807, 2.05) is 61.5 Å². The molecule has 0 saturated carbocycles. The van der Waals surface area contributed by atoms with Gasteiger partial charge in [-0.3, -0.25) is 0 Å². The Morgan fingerprint density at radius 3 is 2.64 bits per heavy atom. The largest absolute Gasteiger partial charge is 0.461 e. The predicted molar refractivity (Wildman–Crippen MR) is 88.1 cm³/mol. The van der Waals surface area contributed by atoms with Gasteiger partial charge in [-0.15, -0.1) is 0 Å². The van der Waals surface area contributed by atoms with E-state index in [2.05, 4.69) is 10.6 Å². The van der Waals surface area contributed by atoms with E-state index in [4.69, 9.17) is 4.42 Å². The van der Waals surface area contributed by atoms with E-state index in [1.165, 1.54) is 0 Å². The van der Waals surface area contributed by atoms with Gasteiger partial charge in [0, 0.05) is 24.0 Å². The Kier molecular flexibility index (Phi) is 4.10. The zero-order valence-electron chi connectivity index (χ0n) is 12.4. The van der Waals surface area contributed by atoms with Gasteiger partial charge in [0.2, 0.25) is 0 Å². The lowest BCUT2D eigenvalue weighted by Crippen LogP contribution is -2.30. The summed E-state index contributed by atoms with van der Waals surface area (Å²) in [5, 5.41) is 6.71. The maximum Gasteiger partial charge on any atom is 0.319 e. The lowest BCUT2D eigenvalue weighted by molar-refractivity contribution is 0.252. The number of benzene rings is 2. The van der Waals surface area contributed by atoms with Gasteiger partial charge in [0.15, 0.2) is 0 Å². The molecule has 0 aliphatic heterocycles. The number of amides is 2. The van der Waals surface area contributed by atoms with Crippen LogP contribution < -0.4 is 10.6 Å². The predicted octanol–water partition coefficient (Wildman–Crippen LogP) is 4.11. The number of rotatable bonds is 4. The van der Waals surface area contributed by atoms with Crippen molar-refractivity contribution in [3.8, 4) is 0 Å². The van der Waals surface area contributed by atoms with Crippen molar-refractivity contribution in [2.45, 2.75) is 13.3 Å². The van der Waals surface area contributed by atoms with E-state index >= 15 is 0 Å². The summed E-state index contributed by atoms with van der Waals surface area (Å²) in [6, 6.07) is 17.4. The van der Waals surface area contributed by atoms with Crippen molar-refractivity contribution in [3.63, 3.8) is 0 Å². The highest BCUT2D eigenvalue weighted by Crippen LogP contribution is 2.18. The molecule has 1 aromatic heterocycles. The van der Waals surface area contributed by atoms with Crippen molar-refractivity contribution in [2.75, 3.05) is 11.9 Å². The smallest absolute Gasteiger partial charge is 0.319 e. The summed E-state index contributed by atoms with van der Waals surface area (Å²) >= 11 is 0. The van der Waals surface area contributed by atoms with Gasteiger partial charge in [-0.2, -0.15) is 0 Å². The molecule has 4 heteroatoms. The van der Waals surface area contributed by atoms with Crippen LogP contribution in [-0.4, -0.2) is 12.6 Å². The fourth-order valence-electron chi connectivity index (χ4n) is 2.27. The Labute approximate surface area is 129 Å². The first kappa shape index (κ1) is 14.2. The quantitative estimate of drug-likeness (QED) is 0.761. The third-order valence-corrected chi connectivity index (χ3v) is 3.44. The monoisotopic (exact) mass is 294 g/mol. The standard InChI is InChI=1S/C18H18N2O2/c1-13-6-8-15(9-7-13)20-18(21)19-11-10-16-12-14-4-2-3-5-17(14)22-16/h2-9,12H,10-11H2,1H3,(H2,19,20,21). The number of nitrogens with one attached hydrogen (secondary N) is 2. The van der Waals surface area contributed by atoms with Crippen LogP contribution in [0, 0.1) is 6.92 Å². The van der Waals surface area contributed by atoms with Crippen LogP contribution in [-0.2, 0) is 6.42 Å². The third-order valence-electron chi connectivity index (χ3n) is 3.44. The van der Waals surface area contributed by atoms with E-state index in [0.717, 1.165) is 28.0 Å². The molecule has 0 radical (unpaired) electrons. The van der Waals surface area contributed by atoms with Gasteiger partial charge in [-0.05, 0) is 31.2 Å². The minimum absolute atomic E-state index is 0.208. The summed E-state index contributed by atoms with van der Waals surface area (Å²) in [5.41, 5.74) is 2.82. The maximum atomic E-state index is 11.8. The highest BCUT2D eigenvalue weighted by Gasteiger charge is 2.05. The minimum atomic E-state index is -0.208. The first-order valence-corrected chi connectivity index (χ1v) is 7.30. The average Bonchev–Trinajstić information content (AvgIpc) is 2.92. The van der Waals surface area contributed by atoms with Crippen LogP contribution >= 0.6 is 0 Å². The second kappa shape index (κ2) is 6.35. The number of aryl methyl sites for hydroxylation is 1. The number of hydrogen-bond acceptors (Lipinski definition) is 2. The highest BCUT2D eigenvalue weighted by molar-refractivity contribution is 5.89. The number of para-hydroxylation sites is 1. The van der Waals surface area contributed by atoms with Crippen LogP contribution in [0.2, 0.25) is 0 Å². The molecular weight excluding hydrogens is 276 g/mol. The van der Waals surface area contributed by atoms with E-state index in [1.54, 1.807) is 0 Å². The van der Waals surface area contributed by atoms with Crippen molar-refractivity contribution in [2.24, 2.45) is 0 Å². The number of fused-ring (bicyclic) bond motifs is 1. The molecule has 0 bridgehead atoms. The Morgan fingerprint density at radius 2 is 1.86 bits per heavy atom. The molecule has 0 aliphatic carbocycles. The first-order chi connectivity index (χ1) is 10.7. The lowest BCUT2D eigenvalue weighted by Gasteiger charge is -2.07. The molecule has 2 N–H and O–H groups in total. The molecule has 1 heterocycles. The molecule has 0 saturated heterocycles. The summed E-state index contributed by atoms with van der Waals surface area (Å²) in [6.45, 7) is 2.54. The number of carbonyl (C=O) groups is 1. The molecule has 4 nitrogen and oxygen atoms in total. The minimum Gasteiger partial charge on any atom is -0.461 e. The molecule has 2 amide bonds. The molecule has 0 unspecified atom stereocenters. The fraction of sp³-hybridized carbons (Fsp3) is 0.167. The number of anilines is 1. The summed E-state index contributed by atoms with van der Waals surface area (Å²) < 4.78 is 5.71. The Hall–Kier alpha value is -2.75. The summed E-state index contributed by atoms with van der Waals surface area (Å²) in [6.07, 6.45) is 0.663. The molecular formula is C18H18N2O2. The molecule has 2 aromatic carbocycles. The van der Waals surface area contributed by atoms with Crippen LogP contribution in [0.25, 0.3) is 11.0 Å². The summed E-state index contributed by atoms with van der Waals surface area (Å²) in [4.78, 5) is 11.8. The molecule has 3 aromatic rings. The lowest BCUT2D eigenvalue weighted by atomic mass is 10.2. The molecule has 0 atom stereocenters. The molecule has 0 fully saturated rings. The maximum absolute atomic E-state index is 11.8. The number of carbonyl (C=O) groups excluding carboxylic acids is 1. The Balaban J connectivity index is 1.49. The van der Waals surface area contributed by atoms with E-state index in [0.29, 0.717) is 13.0 Å². The molecule has 0 spiro atoms. The van der Waals surface area contributed by atoms with Gasteiger partial charge >= 0.3 is 6.03 Å². The van der Waals surface area contributed by atoms with E-state index < -0.39 is 0 Å². The Bertz CT molecular complexity index is 742. The van der Waals surface area contributed by atoms with Crippen molar-refractivity contribution < 1.29 is 9.21 Å². The first-order valence-electron chi connectivity index (χ1n) is 7.30.